The Hall–Kier alpha value is -2.36. The fraction of sp³-hybridized carbons (Fsp3) is 0.294. The Bertz CT molecular complexity index is 746. The van der Waals surface area contributed by atoms with Crippen molar-refractivity contribution in [1.82, 2.24) is 4.57 Å². The van der Waals surface area contributed by atoms with E-state index in [9.17, 15) is 9.59 Å². The van der Waals surface area contributed by atoms with Gasteiger partial charge in [-0.1, -0.05) is 6.07 Å². The van der Waals surface area contributed by atoms with Gasteiger partial charge in [0.1, 0.15) is 5.75 Å². The van der Waals surface area contributed by atoms with Gasteiger partial charge in [-0.3, -0.25) is 9.59 Å². The molecule has 0 atom stereocenters. The zero-order valence-corrected chi connectivity index (χ0v) is 12.0. The van der Waals surface area contributed by atoms with Gasteiger partial charge in [0.2, 0.25) is 0 Å². The van der Waals surface area contributed by atoms with Crippen LogP contribution in [0, 0.1) is 6.92 Å². The summed E-state index contributed by atoms with van der Waals surface area (Å²) in [5.41, 5.74) is 2.23. The molecule has 3 rings (SSSR count). The smallest absolute Gasteiger partial charge is 0.253 e. The monoisotopic (exact) mass is 283 g/mol. The summed E-state index contributed by atoms with van der Waals surface area (Å²) < 4.78 is 7.00. The molecule has 0 saturated carbocycles. The van der Waals surface area contributed by atoms with Crippen LogP contribution >= 0.6 is 0 Å². The molecule has 0 amide bonds. The fourth-order valence-corrected chi connectivity index (χ4v) is 2.56. The highest BCUT2D eigenvalue weighted by atomic mass is 16.5. The van der Waals surface area contributed by atoms with Gasteiger partial charge in [0.15, 0.2) is 5.78 Å². The number of rotatable bonds is 3. The molecule has 0 bridgehead atoms. The van der Waals surface area contributed by atoms with Crippen LogP contribution in [0.5, 0.6) is 5.75 Å². The van der Waals surface area contributed by atoms with Crippen molar-refractivity contribution in [2.24, 2.45) is 0 Å². The molecule has 0 fully saturated rings. The molecule has 0 radical (unpaired) electrons. The Balaban J connectivity index is 1.85. The molecular formula is C17H17NO3. The molecule has 0 aliphatic carbocycles. The maximum Gasteiger partial charge on any atom is 0.253 e. The molecule has 0 unspecified atom stereocenters. The summed E-state index contributed by atoms with van der Waals surface area (Å²) in [6.07, 6.45) is 3.55. The molecule has 2 aromatic rings. The summed E-state index contributed by atoms with van der Waals surface area (Å²) in [7, 11) is 0. The molecule has 0 spiro atoms. The third kappa shape index (κ3) is 2.75. The third-order valence-corrected chi connectivity index (χ3v) is 3.75. The van der Waals surface area contributed by atoms with Gasteiger partial charge in [0.05, 0.1) is 13.2 Å². The highest BCUT2D eigenvalue weighted by Crippen LogP contribution is 2.25. The van der Waals surface area contributed by atoms with Gasteiger partial charge >= 0.3 is 0 Å². The molecular weight excluding hydrogens is 266 g/mol. The maximum atomic E-state index is 12.4. The second-order valence-electron chi connectivity index (χ2n) is 5.32. The number of aryl methyl sites for hydroxylation is 2. The first kappa shape index (κ1) is 13.6. The molecule has 21 heavy (non-hydrogen) atoms. The first-order valence-electron chi connectivity index (χ1n) is 7.10. The topological polar surface area (TPSA) is 48.3 Å². The molecule has 1 aliphatic heterocycles. The van der Waals surface area contributed by atoms with Crippen molar-refractivity contribution in [3.63, 3.8) is 0 Å². The standard InChI is InChI=1S/C17H17NO3/c1-12-4-2-8-18(17(12)20)11-15(19)13-6-7-16-14(10-13)5-3-9-21-16/h2,4,6-8,10H,3,5,9,11H2,1H3. The van der Waals surface area contributed by atoms with Gasteiger partial charge in [-0.2, -0.15) is 0 Å². The van der Waals surface area contributed by atoms with Gasteiger partial charge < -0.3 is 9.30 Å². The quantitative estimate of drug-likeness (QED) is 0.812. The summed E-state index contributed by atoms with van der Waals surface area (Å²) >= 11 is 0. The predicted molar refractivity (Wildman–Crippen MR) is 80.0 cm³/mol. The molecule has 2 heterocycles. The van der Waals surface area contributed by atoms with Crippen molar-refractivity contribution in [3.05, 3.63) is 63.6 Å². The fourth-order valence-electron chi connectivity index (χ4n) is 2.56. The minimum atomic E-state index is -0.118. The third-order valence-electron chi connectivity index (χ3n) is 3.75. The van der Waals surface area contributed by atoms with Crippen LogP contribution in [0.15, 0.2) is 41.3 Å². The van der Waals surface area contributed by atoms with E-state index in [1.54, 1.807) is 31.3 Å². The van der Waals surface area contributed by atoms with Crippen LogP contribution in [-0.4, -0.2) is 17.0 Å². The van der Waals surface area contributed by atoms with E-state index >= 15 is 0 Å². The van der Waals surface area contributed by atoms with Crippen molar-refractivity contribution in [3.8, 4) is 5.75 Å². The first-order valence-corrected chi connectivity index (χ1v) is 7.10. The molecule has 1 aliphatic rings. The van der Waals surface area contributed by atoms with Crippen molar-refractivity contribution in [2.75, 3.05) is 6.61 Å². The van der Waals surface area contributed by atoms with Crippen LogP contribution in [0.2, 0.25) is 0 Å². The van der Waals surface area contributed by atoms with E-state index in [0.29, 0.717) is 11.1 Å². The van der Waals surface area contributed by atoms with E-state index in [2.05, 4.69) is 0 Å². The highest BCUT2D eigenvalue weighted by Gasteiger charge is 2.14. The van der Waals surface area contributed by atoms with E-state index in [4.69, 9.17) is 4.74 Å². The van der Waals surface area contributed by atoms with Crippen molar-refractivity contribution >= 4 is 5.78 Å². The van der Waals surface area contributed by atoms with Gasteiger partial charge in [-0.25, -0.2) is 0 Å². The van der Waals surface area contributed by atoms with E-state index in [0.717, 1.165) is 30.8 Å². The number of Topliss-reactive ketones (excluding diaryl/α,β-unsaturated/α-hetero) is 1. The predicted octanol–water partition coefficient (Wildman–Crippen LogP) is 2.36. The van der Waals surface area contributed by atoms with Crippen molar-refractivity contribution in [1.29, 1.82) is 0 Å². The van der Waals surface area contributed by atoms with Crippen LogP contribution < -0.4 is 10.3 Å². The van der Waals surface area contributed by atoms with Crippen LogP contribution in [0.1, 0.15) is 27.9 Å². The SMILES string of the molecule is Cc1cccn(CC(=O)c2ccc3c(c2)CCCO3)c1=O. The van der Waals surface area contributed by atoms with Gasteiger partial charge in [0, 0.05) is 17.3 Å². The Morgan fingerprint density at radius 1 is 1.33 bits per heavy atom. The minimum absolute atomic E-state index is 0.0592. The Labute approximate surface area is 123 Å². The van der Waals surface area contributed by atoms with Crippen LogP contribution in [-0.2, 0) is 13.0 Å². The Kier molecular flexibility index (Phi) is 3.60. The lowest BCUT2D eigenvalue weighted by molar-refractivity contribution is 0.0970. The molecule has 1 aromatic heterocycles. The largest absolute Gasteiger partial charge is 0.493 e. The number of nitrogens with zero attached hydrogens (tertiary/aromatic N) is 1. The number of fused-ring (bicyclic) bond motifs is 1. The summed E-state index contributed by atoms with van der Waals surface area (Å²) in [6, 6.07) is 9.04. The number of ketones is 1. The van der Waals surface area contributed by atoms with Crippen LogP contribution in [0.25, 0.3) is 0 Å². The second kappa shape index (κ2) is 5.56. The minimum Gasteiger partial charge on any atom is -0.493 e. The summed E-state index contributed by atoms with van der Waals surface area (Å²) in [5, 5.41) is 0. The number of benzene rings is 1. The normalized spacial score (nSPS) is 13.4. The molecule has 4 heteroatoms. The summed E-state index contributed by atoms with van der Waals surface area (Å²) in [6.45, 7) is 2.55. The lowest BCUT2D eigenvalue weighted by atomic mass is 10.0. The van der Waals surface area contributed by atoms with Crippen LogP contribution in [0.3, 0.4) is 0 Å². The Morgan fingerprint density at radius 2 is 2.19 bits per heavy atom. The number of carbonyl (C=O) groups is 1. The average Bonchev–Trinajstić information content (AvgIpc) is 2.51. The van der Waals surface area contributed by atoms with Crippen LogP contribution in [0.4, 0.5) is 0 Å². The van der Waals surface area contributed by atoms with E-state index < -0.39 is 0 Å². The lowest BCUT2D eigenvalue weighted by Crippen LogP contribution is -2.25. The number of ether oxygens (including phenoxy) is 1. The van der Waals surface area contributed by atoms with E-state index in [-0.39, 0.29) is 17.9 Å². The number of pyridine rings is 1. The van der Waals surface area contributed by atoms with Gasteiger partial charge in [-0.05, 0) is 49.6 Å². The summed E-state index contributed by atoms with van der Waals surface area (Å²) in [5.74, 6) is 0.807. The molecule has 0 saturated heterocycles. The zero-order valence-electron chi connectivity index (χ0n) is 12.0. The van der Waals surface area contributed by atoms with E-state index in [1.165, 1.54) is 4.57 Å². The lowest BCUT2D eigenvalue weighted by Gasteiger charge is -2.17. The second-order valence-corrected chi connectivity index (χ2v) is 5.32. The molecule has 4 nitrogen and oxygen atoms in total. The van der Waals surface area contributed by atoms with Gasteiger partial charge in [-0.15, -0.1) is 0 Å². The molecule has 1 aromatic carbocycles. The van der Waals surface area contributed by atoms with Crippen molar-refractivity contribution < 1.29 is 9.53 Å². The van der Waals surface area contributed by atoms with Crippen molar-refractivity contribution in [2.45, 2.75) is 26.3 Å². The number of hydrogen-bond acceptors (Lipinski definition) is 3. The first-order chi connectivity index (χ1) is 10.1. The zero-order chi connectivity index (χ0) is 14.8. The highest BCUT2D eigenvalue weighted by molar-refractivity contribution is 5.96. The number of hydrogen-bond donors (Lipinski definition) is 0. The Morgan fingerprint density at radius 3 is 3.05 bits per heavy atom. The van der Waals surface area contributed by atoms with Gasteiger partial charge in [0.25, 0.3) is 5.56 Å². The summed E-state index contributed by atoms with van der Waals surface area (Å²) in [4.78, 5) is 24.3. The maximum absolute atomic E-state index is 12.4. The number of aromatic nitrogens is 1. The van der Waals surface area contributed by atoms with E-state index in [1.807, 2.05) is 12.1 Å². The average molecular weight is 283 g/mol. The molecule has 0 N–H and O–H groups in total. The number of carbonyl (C=O) groups excluding carboxylic acids is 1. The molecule has 108 valence electrons.